The molecule has 2 heterocycles. The van der Waals surface area contributed by atoms with E-state index >= 15 is 0 Å². The van der Waals surface area contributed by atoms with Crippen LogP contribution in [-0.4, -0.2) is 71.4 Å². The number of hydrogen-bond donors (Lipinski definition) is 2. The van der Waals surface area contributed by atoms with Gasteiger partial charge in [0.15, 0.2) is 0 Å². The van der Waals surface area contributed by atoms with Gasteiger partial charge in [0.05, 0.1) is 19.9 Å². The predicted molar refractivity (Wildman–Crippen MR) is 133 cm³/mol. The number of carbonyl (C=O) groups excluding carboxylic acids is 2. The molecule has 3 aromatic rings. The minimum Gasteiger partial charge on any atom is -0.497 e. The van der Waals surface area contributed by atoms with Crippen LogP contribution in [0.5, 0.6) is 11.5 Å². The molecule has 0 spiro atoms. The number of ether oxygens (including phenoxy) is 2. The highest BCUT2D eigenvalue weighted by atomic mass is 16.5. The van der Waals surface area contributed by atoms with Gasteiger partial charge in [0.25, 0.3) is 0 Å². The Labute approximate surface area is 209 Å². The van der Waals surface area contributed by atoms with E-state index in [0.29, 0.717) is 30.5 Å². The highest BCUT2D eigenvalue weighted by Crippen LogP contribution is 2.25. The molecule has 1 saturated heterocycles. The van der Waals surface area contributed by atoms with Crippen molar-refractivity contribution in [2.45, 2.75) is 38.3 Å². The molecule has 0 aliphatic carbocycles. The zero-order valence-electron chi connectivity index (χ0n) is 20.7. The number of amides is 2. The number of aromatic nitrogens is 4. The average Bonchev–Trinajstić information content (AvgIpc) is 3.39. The normalized spacial score (nSPS) is 14.7. The fourth-order valence-corrected chi connectivity index (χ4v) is 4.36. The maximum atomic E-state index is 13.2. The van der Waals surface area contributed by atoms with Gasteiger partial charge in [-0.1, -0.05) is 23.3 Å². The van der Waals surface area contributed by atoms with Crippen LogP contribution in [0.3, 0.4) is 0 Å². The van der Waals surface area contributed by atoms with E-state index in [9.17, 15) is 9.59 Å². The van der Waals surface area contributed by atoms with E-state index in [-0.39, 0.29) is 24.3 Å². The Morgan fingerprint density at radius 2 is 1.83 bits per heavy atom. The first-order chi connectivity index (χ1) is 17.5. The lowest BCUT2D eigenvalue weighted by Gasteiger charge is -2.33. The molecule has 1 atom stereocenters. The van der Waals surface area contributed by atoms with Gasteiger partial charge in [-0.3, -0.25) is 9.59 Å². The molecule has 2 N–H and O–H groups in total. The molecule has 4 rings (SSSR count). The summed E-state index contributed by atoms with van der Waals surface area (Å²) in [7, 11) is 3.15. The van der Waals surface area contributed by atoms with Gasteiger partial charge in [0.1, 0.15) is 17.5 Å². The lowest BCUT2D eigenvalue weighted by Crippen LogP contribution is -2.52. The molecular formula is C25H31N7O4. The SMILES string of the molecule is COc1ccc(OC)c(C[C@@H](NC(C)=O)C(=O)NC2CCN(c3nnnn3-c3ccccc3)CC2)c1. The molecule has 1 fully saturated rings. The summed E-state index contributed by atoms with van der Waals surface area (Å²) in [6.07, 6.45) is 1.72. The zero-order valence-corrected chi connectivity index (χ0v) is 20.7. The maximum absolute atomic E-state index is 13.2. The van der Waals surface area contributed by atoms with Crippen LogP contribution in [0.25, 0.3) is 5.69 Å². The third kappa shape index (κ3) is 5.91. The van der Waals surface area contributed by atoms with Crippen molar-refractivity contribution >= 4 is 17.8 Å². The summed E-state index contributed by atoms with van der Waals surface area (Å²) in [6.45, 7) is 2.78. The van der Waals surface area contributed by atoms with Gasteiger partial charge >= 0.3 is 0 Å². The first-order valence-electron chi connectivity index (χ1n) is 11.9. The number of benzene rings is 2. The number of carbonyl (C=O) groups is 2. The van der Waals surface area contributed by atoms with Crippen molar-refractivity contribution in [3.05, 3.63) is 54.1 Å². The molecule has 1 aliphatic rings. The van der Waals surface area contributed by atoms with Crippen LogP contribution in [0.1, 0.15) is 25.3 Å². The van der Waals surface area contributed by atoms with Gasteiger partial charge in [0, 0.05) is 38.0 Å². The summed E-state index contributed by atoms with van der Waals surface area (Å²) in [5.41, 5.74) is 1.66. The first-order valence-corrected chi connectivity index (χ1v) is 11.9. The molecule has 2 amide bonds. The van der Waals surface area contributed by atoms with Crippen molar-refractivity contribution in [2.75, 3.05) is 32.2 Å². The Morgan fingerprint density at radius 1 is 1.08 bits per heavy atom. The third-order valence-electron chi connectivity index (χ3n) is 6.18. The molecule has 11 heteroatoms. The Balaban J connectivity index is 1.39. The Bertz CT molecular complexity index is 1180. The fourth-order valence-electron chi connectivity index (χ4n) is 4.36. The number of piperidine rings is 1. The Hall–Kier alpha value is -4.15. The van der Waals surface area contributed by atoms with Gasteiger partial charge in [-0.05, 0) is 53.6 Å². The molecule has 1 aliphatic heterocycles. The molecule has 1 aromatic heterocycles. The van der Waals surface area contributed by atoms with Gasteiger partial charge < -0.3 is 25.0 Å². The van der Waals surface area contributed by atoms with Crippen LogP contribution in [0, 0.1) is 0 Å². The maximum Gasteiger partial charge on any atom is 0.250 e. The number of nitrogens with one attached hydrogen (secondary N) is 2. The predicted octanol–water partition coefficient (Wildman–Crippen LogP) is 1.51. The second-order valence-corrected chi connectivity index (χ2v) is 8.63. The molecule has 2 aromatic carbocycles. The monoisotopic (exact) mass is 493 g/mol. The van der Waals surface area contributed by atoms with E-state index in [2.05, 4.69) is 31.1 Å². The smallest absolute Gasteiger partial charge is 0.250 e. The van der Waals surface area contributed by atoms with Gasteiger partial charge in [-0.25, -0.2) is 0 Å². The number of anilines is 1. The van der Waals surface area contributed by atoms with E-state index in [1.54, 1.807) is 31.0 Å². The van der Waals surface area contributed by atoms with E-state index in [1.165, 1.54) is 6.92 Å². The number of methoxy groups -OCH3 is 2. The highest BCUT2D eigenvalue weighted by Gasteiger charge is 2.28. The second kappa shape index (κ2) is 11.5. The summed E-state index contributed by atoms with van der Waals surface area (Å²) >= 11 is 0. The van der Waals surface area contributed by atoms with Crippen LogP contribution < -0.4 is 25.0 Å². The van der Waals surface area contributed by atoms with Crippen LogP contribution in [0.15, 0.2) is 48.5 Å². The number of hydrogen-bond acceptors (Lipinski definition) is 8. The summed E-state index contributed by atoms with van der Waals surface area (Å²) in [5.74, 6) is 1.44. The van der Waals surface area contributed by atoms with Gasteiger partial charge in [0.2, 0.25) is 17.8 Å². The summed E-state index contributed by atoms with van der Waals surface area (Å²) in [6, 6.07) is 14.3. The summed E-state index contributed by atoms with van der Waals surface area (Å²) in [4.78, 5) is 27.2. The van der Waals surface area contributed by atoms with Crippen LogP contribution >= 0.6 is 0 Å². The minimum atomic E-state index is -0.744. The lowest BCUT2D eigenvalue weighted by molar-refractivity contribution is -0.128. The van der Waals surface area contributed by atoms with Crippen LogP contribution in [0.2, 0.25) is 0 Å². The first kappa shape index (κ1) is 25.0. The number of para-hydroxylation sites is 1. The largest absolute Gasteiger partial charge is 0.497 e. The minimum absolute atomic E-state index is 0.0294. The van der Waals surface area contributed by atoms with E-state index in [4.69, 9.17) is 9.47 Å². The van der Waals surface area contributed by atoms with Crippen LogP contribution in [0.4, 0.5) is 5.95 Å². The van der Waals surface area contributed by atoms with Crippen molar-refractivity contribution in [3.8, 4) is 17.2 Å². The topological polar surface area (TPSA) is 124 Å². The standard InChI is InChI=1S/C25H31N7O4/c1-17(33)26-22(16-18-15-21(35-2)9-10-23(18)36-3)24(34)27-19-11-13-31(14-12-19)25-28-29-30-32(25)20-7-5-4-6-8-20/h4-10,15,19,22H,11-14,16H2,1-3H3,(H,26,33)(H,27,34)/t22-/m1/s1. The quantitative estimate of drug-likeness (QED) is 0.460. The third-order valence-corrected chi connectivity index (χ3v) is 6.18. The van der Waals surface area contributed by atoms with Crippen molar-refractivity contribution in [1.29, 1.82) is 0 Å². The Morgan fingerprint density at radius 3 is 2.50 bits per heavy atom. The number of rotatable bonds is 9. The molecule has 36 heavy (non-hydrogen) atoms. The molecule has 0 unspecified atom stereocenters. The summed E-state index contributed by atoms with van der Waals surface area (Å²) < 4.78 is 12.5. The molecule has 11 nitrogen and oxygen atoms in total. The fraction of sp³-hybridized carbons (Fsp3) is 0.400. The van der Waals surface area contributed by atoms with Crippen molar-refractivity contribution in [1.82, 2.24) is 30.8 Å². The van der Waals surface area contributed by atoms with E-state index in [0.717, 1.165) is 24.1 Å². The van der Waals surface area contributed by atoms with Crippen molar-refractivity contribution in [3.63, 3.8) is 0 Å². The summed E-state index contributed by atoms with van der Waals surface area (Å²) in [5, 5.41) is 18.1. The molecule has 0 saturated carbocycles. The molecule has 0 bridgehead atoms. The second-order valence-electron chi connectivity index (χ2n) is 8.63. The Kier molecular flexibility index (Phi) is 7.99. The van der Waals surface area contributed by atoms with E-state index in [1.807, 2.05) is 36.4 Å². The average molecular weight is 494 g/mol. The number of nitrogens with zero attached hydrogens (tertiary/aromatic N) is 5. The van der Waals surface area contributed by atoms with Gasteiger partial charge in [-0.15, -0.1) is 0 Å². The van der Waals surface area contributed by atoms with E-state index < -0.39 is 6.04 Å². The van der Waals surface area contributed by atoms with Crippen molar-refractivity contribution < 1.29 is 19.1 Å². The zero-order chi connectivity index (χ0) is 25.5. The highest BCUT2D eigenvalue weighted by molar-refractivity contribution is 5.87. The van der Waals surface area contributed by atoms with Crippen molar-refractivity contribution in [2.24, 2.45) is 0 Å². The molecule has 190 valence electrons. The van der Waals surface area contributed by atoms with Gasteiger partial charge in [-0.2, -0.15) is 4.68 Å². The van der Waals surface area contributed by atoms with Crippen LogP contribution in [-0.2, 0) is 16.0 Å². The molecule has 0 radical (unpaired) electrons. The molecular weight excluding hydrogens is 462 g/mol. The lowest BCUT2D eigenvalue weighted by atomic mass is 10.0. The number of tetrazole rings is 1.